The summed E-state index contributed by atoms with van der Waals surface area (Å²) < 4.78 is 5.64. The lowest BCUT2D eigenvalue weighted by atomic mass is 9.73. The summed E-state index contributed by atoms with van der Waals surface area (Å²) in [6.45, 7) is 5.67. The molecular weight excluding hydrogens is 340 g/mol. The molecule has 4 rings (SSSR count). The maximum absolute atomic E-state index is 12.8. The van der Waals surface area contributed by atoms with Crippen LogP contribution in [0.3, 0.4) is 0 Å². The second kappa shape index (κ2) is 6.48. The Balaban J connectivity index is 1.62. The number of benzene rings is 1. The third kappa shape index (κ3) is 3.53. The van der Waals surface area contributed by atoms with E-state index in [9.17, 15) is 9.90 Å². The third-order valence-electron chi connectivity index (χ3n) is 5.74. The van der Waals surface area contributed by atoms with Gasteiger partial charge in [-0.2, -0.15) is 0 Å². The van der Waals surface area contributed by atoms with Crippen molar-refractivity contribution >= 4 is 17.0 Å². The van der Waals surface area contributed by atoms with Gasteiger partial charge in [0.2, 0.25) is 0 Å². The summed E-state index contributed by atoms with van der Waals surface area (Å²) in [5.41, 5.74) is 0.311. The van der Waals surface area contributed by atoms with Crippen molar-refractivity contribution in [1.29, 1.82) is 0 Å². The van der Waals surface area contributed by atoms with Crippen molar-refractivity contribution < 1.29 is 14.6 Å². The van der Waals surface area contributed by atoms with Gasteiger partial charge < -0.3 is 14.7 Å². The van der Waals surface area contributed by atoms with Crippen molar-refractivity contribution in [1.82, 2.24) is 9.88 Å². The number of piperidine rings is 2. The predicted molar refractivity (Wildman–Crippen MR) is 104 cm³/mol. The number of para-hydroxylation sites is 1. The largest absolute Gasteiger partial charge is 0.444 e. The number of nitrogens with zero attached hydrogens (tertiary/aromatic N) is 2. The van der Waals surface area contributed by atoms with Crippen LogP contribution in [0, 0.1) is 0 Å². The first-order valence-corrected chi connectivity index (χ1v) is 9.84. The quantitative estimate of drug-likeness (QED) is 0.812. The first-order valence-electron chi connectivity index (χ1n) is 9.84. The van der Waals surface area contributed by atoms with Gasteiger partial charge in [0, 0.05) is 42.1 Å². The summed E-state index contributed by atoms with van der Waals surface area (Å²) in [4.78, 5) is 19.2. The number of rotatable bonds is 1. The molecule has 2 bridgehead atoms. The molecule has 1 N–H and O–H groups in total. The minimum Gasteiger partial charge on any atom is -0.444 e. The fourth-order valence-electron chi connectivity index (χ4n) is 4.60. The van der Waals surface area contributed by atoms with E-state index in [1.54, 1.807) is 6.20 Å². The topological polar surface area (TPSA) is 62.7 Å². The molecule has 1 amide bonds. The number of carbonyl (C=O) groups excluding carboxylic acids is 1. The lowest BCUT2D eigenvalue weighted by Gasteiger charge is -2.51. The van der Waals surface area contributed by atoms with Crippen LogP contribution in [-0.2, 0) is 10.3 Å². The second-order valence-corrected chi connectivity index (χ2v) is 8.98. The third-order valence-corrected chi connectivity index (χ3v) is 5.74. The highest BCUT2D eigenvalue weighted by Crippen LogP contribution is 2.45. The molecule has 5 heteroatoms. The van der Waals surface area contributed by atoms with Crippen molar-refractivity contribution in [3.8, 4) is 0 Å². The number of pyridine rings is 1. The Bertz CT molecular complexity index is 844. The van der Waals surface area contributed by atoms with Gasteiger partial charge in [-0.25, -0.2) is 4.79 Å². The van der Waals surface area contributed by atoms with Crippen LogP contribution in [0.25, 0.3) is 10.9 Å². The fourth-order valence-corrected chi connectivity index (χ4v) is 4.60. The van der Waals surface area contributed by atoms with Crippen molar-refractivity contribution in [2.24, 2.45) is 0 Å². The van der Waals surface area contributed by atoms with E-state index in [2.05, 4.69) is 4.98 Å². The van der Waals surface area contributed by atoms with Crippen LogP contribution in [0.15, 0.2) is 36.5 Å². The zero-order valence-corrected chi connectivity index (χ0v) is 16.3. The van der Waals surface area contributed by atoms with Crippen LogP contribution < -0.4 is 0 Å². The first-order chi connectivity index (χ1) is 12.8. The minimum absolute atomic E-state index is 0.00354. The number of hydrogen-bond donors (Lipinski definition) is 1. The number of amides is 1. The zero-order chi connectivity index (χ0) is 19.2. The molecule has 2 unspecified atom stereocenters. The van der Waals surface area contributed by atoms with E-state index < -0.39 is 11.2 Å². The van der Waals surface area contributed by atoms with Crippen LogP contribution in [0.4, 0.5) is 4.79 Å². The van der Waals surface area contributed by atoms with Gasteiger partial charge in [-0.15, -0.1) is 0 Å². The summed E-state index contributed by atoms with van der Waals surface area (Å²) in [6, 6.07) is 9.99. The van der Waals surface area contributed by atoms with E-state index in [-0.39, 0.29) is 18.2 Å². The monoisotopic (exact) mass is 368 g/mol. The van der Waals surface area contributed by atoms with Gasteiger partial charge in [-0.05, 0) is 52.2 Å². The van der Waals surface area contributed by atoms with E-state index in [0.717, 1.165) is 35.7 Å². The molecule has 0 saturated carbocycles. The normalized spacial score (nSPS) is 28.2. The van der Waals surface area contributed by atoms with E-state index in [1.165, 1.54) is 0 Å². The predicted octanol–water partition coefficient (Wildman–Crippen LogP) is 4.37. The van der Waals surface area contributed by atoms with Gasteiger partial charge in [0.05, 0.1) is 11.1 Å². The number of hydrogen-bond acceptors (Lipinski definition) is 4. The number of aromatic nitrogens is 1. The maximum atomic E-state index is 12.8. The molecule has 144 valence electrons. The summed E-state index contributed by atoms with van der Waals surface area (Å²) >= 11 is 0. The number of fused-ring (bicyclic) bond motifs is 3. The molecule has 2 saturated heterocycles. The highest BCUT2D eigenvalue weighted by Gasteiger charge is 2.49. The molecule has 1 aromatic heterocycles. The lowest BCUT2D eigenvalue weighted by Crippen LogP contribution is -2.59. The highest BCUT2D eigenvalue weighted by molar-refractivity contribution is 5.79. The van der Waals surface area contributed by atoms with Gasteiger partial charge in [0.1, 0.15) is 5.60 Å². The van der Waals surface area contributed by atoms with Gasteiger partial charge in [0.15, 0.2) is 0 Å². The molecule has 2 aliphatic rings. The molecule has 0 aliphatic carbocycles. The van der Waals surface area contributed by atoms with Crippen LogP contribution >= 0.6 is 0 Å². The molecule has 5 nitrogen and oxygen atoms in total. The van der Waals surface area contributed by atoms with Crippen LogP contribution in [0.1, 0.15) is 58.4 Å². The Labute approximate surface area is 160 Å². The standard InChI is InChI=1S/C22H28N2O3/c1-21(2,3)27-20(25)24-17-8-6-9-18(24)13-22(26,12-17)16-11-15-7-4-5-10-19(15)23-14-16/h4-5,7,10-11,14,17-18,26H,6,8-9,12-13H2,1-3H3. The summed E-state index contributed by atoms with van der Waals surface area (Å²) in [5, 5.41) is 12.6. The molecule has 2 fully saturated rings. The van der Waals surface area contributed by atoms with Crippen molar-refractivity contribution in [3.05, 3.63) is 42.1 Å². The molecule has 0 radical (unpaired) electrons. The van der Waals surface area contributed by atoms with Crippen LogP contribution in [-0.4, -0.2) is 38.8 Å². The summed E-state index contributed by atoms with van der Waals surface area (Å²) in [7, 11) is 0. The average molecular weight is 368 g/mol. The van der Waals surface area contributed by atoms with Crippen LogP contribution in [0.2, 0.25) is 0 Å². The maximum Gasteiger partial charge on any atom is 0.410 e. The van der Waals surface area contributed by atoms with E-state index >= 15 is 0 Å². The SMILES string of the molecule is CC(C)(C)OC(=O)N1C2CCCC1CC(O)(c1cnc3ccccc3c1)C2. The summed E-state index contributed by atoms with van der Waals surface area (Å²) in [5.74, 6) is 0. The highest BCUT2D eigenvalue weighted by atomic mass is 16.6. The minimum atomic E-state index is -0.953. The Morgan fingerprint density at radius 1 is 1.22 bits per heavy atom. The number of carbonyl (C=O) groups is 1. The molecule has 3 heterocycles. The van der Waals surface area contributed by atoms with Crippen molar-refractivity contribution in [2.45, 2.75) is 76.2 Å². The molecule has 2 aromatic rings. The van der Waals surface area contributed by atoms with Gasteiger partial charge in [-0.1, -0.05) is 18.2 Å². The molecule has 2 aliphatic heterocycles. The fraction of sp³-hybridized carbons (Fsp3) is 0.545. The van der Waals surface area contributed by atoms with Gasteiger partial charge >= 0.3 is 6.09 Å². The van der Waals surface area contributed by atoms with E-state index in [0.29, 0.717) is 12.8 Å². The smallest absolute Gasteiger partial charge is 0.410 e. The van der Waals surface area contributed by atoms with E-state index in [4.69, 9.17) is 4.74 Å². The molecule has 1 aromatic carbocycles. The van der Waals surface area contributed by atoms with Gasteiger partial charge in [0.25, 0.3) is 0 Å². The molecule has 2 atom stereocenters. The Morgan fingerprint density at radius 2 is 1.89 bits per heavy atom. The molecular formula is C22H28N2O3. The zero-order valence-electron chi connectivity index (χ0n) is 16.3. The Morgan fingerprint density at radius 3 is 2.56 bits per heavy atom. The molecule has 0 spiro atoms. The van der Waals surface area contributed by atoms with Crippen molar-refractivity contribution in [3.63, 3.8) is 0 Å². The number of aliphatic hydroxyl groups is 1. The van der Waals surface area contributed by atoms with Gasteiger partial charge in [-0.3, -0.25) is 4.98 Å². The first kappa shape index (κ1) is 18.2. The Kier molecular flexibility index (Phi) is 4.38. The Hall–Kier alpha value is -2.14. The number of ether oxygens (including phenoxy) is 1. The van der Waals surface area contributed by atoms with Crippen molar-refractivity contribution in [2.75, 3.05) is 0 Å². The average Bonchev–Trinajstić information content (AvgIpc) is 2.59. The summed E-state index contributed by atoms with van der Waals surface area (Å²) in [6.07, 6.45) is 5.49. The second-order valence-electron chi connectivity index (χ2n) is 8.98. The molecule has 27 heavy (non-hydrogen) atoms. The van der Waals surface area contributed by atoms with E-state index in [1.807, 2.05) is 56.0 Å². The van der Waals surface area contributed by atoms with Crippen LogP contribution in [0.5, 0.6) is 0 Å². The lowest BCUT2D eigenvalue weighted by molar-refractivity contribution is -0.0965.